The monoisotopic (exact) mass is 266 g/mol. The number of methoxy groups -OCH3 is 1. The zero-order valence-electron chi connectivity index (χ0n) is 9.76. The van der Waals surface area contributed by atoms with Crippen LogP contribution in [-0.4, -0.2) is 60.1 Å². The minimum atomic E-state index is -1.10. The van der Waals surface area contributed by atoms with Crippen molar-refractivity contribution in [1.29, 1.82) is 0 Å². The molecule has 0 rings (SSSR count). The van der Waals surface area contributed by atoms with Crippen LogP contribution in [0.2, 0.25) is 0 Å². The third-order valence-electron chi connectivity index (χ3n) is 1.82. The molecule has 0 aliphatic rings. The van der Waals surface area contributed by atoms with E-state index >= 15 is 0 Å². The largest absolute Gasteiger partial charge is 0.481 e. The van der Waals surface area contributed by atoms with Crippen molar-refractivity contribution in [2.24, 2.45) is 0 Å². The second-order valence-corrected chi connectivity index (χ2v) is 4.56. The van der Waals surface area contributed by atoms with Crippen molar-refractivity contribution in [3.05, 3.63) is 0 Å². The molecule has 0 aromatic carbocycles. The van der Waals surface area contributed by atoms with Gasteiger partial charge in [0.2, 0.25) is 0 Å². The maximum absolute atomic E-state index is 10.7. The molecule has 6 nitrogen and oxygen atoms in total. The van der Waals surface area contributed by atoms with Crippen LogP contribution in [0, 0.1) is 0 Å². The van der Waals surface area contributed by atoms with Gasteiger partial charge in [-0.05, 0) is 12.2 Å². The Labute approximate surface area is 104 Å². The summed E-state index contributed by atoms with van der Waals surface area (Å²) in [6.45, 7) is 1.57. The molecule has 0 fully saturated rings. The Morgan fingerprint density at radius 2 is 1.94 bits per heavy atom. The number of carboxylic acid groups (broad SMARTS) is 2. The molecule has 0 aliphatic carbocycles. The third kappa shape index (κ3) is 10.1. The van der Waals surface area contributed by atoms with Crippen molar-refractivity contribution in [3.63, 3.8) is 0 Å². The van der Waals surface area contributed by atoms with Crippen LogP contribution in [0.3, 0.4) is 0 Å². The average Bonchev–Trinajstić information content (AvgIpc) is 2.25. The van der Waals surface area contributed by atoms with Gasteiger partial charge in [0.15, 0.2) is 0 Å². The van der Waals surface area contributed by atoms with Crippen molar-refractivity contribution in [1.82, 2.24) is 0 Å². The fraction of sp³-hybridized carbons (Fsp3) is 0.800. The first kappa shape index (κ1) is 16.2. The van der Waals surface area contributed by atoms with Gasteiger partial charge < -0.3 is 19.7 Å². The van der Waals surface area contributed by atoms with E-state index in [1.54, 1.807) is 7.11 Å². The van der Waals surface area contributed by atoms with Crippen LogP contribution in [0.15, 0.2) is 0 Å². The van der Waals surface area contributed by atoms with Crippen LogP contribution in [0.25, 0.3) is 0 Å². The van der Waals surface area contributed by atoms with Crippen LogP contribution in [0.4, 0.5) is 0 Å². The lowest BCUT2D eigenvalue weighted by atomic mass is 10.3. The van der Waals surface area contributed by atoms with E-state index < -0.39 is 17.2 Å². The molecule has 0 aromatic heterocycles. The molecule has 0 heterocycles. The summed E-state index contributed by atoms with van der Waals surface area (Å²) in [5.41, 5.74) is 0. The SMILES string of the molecule is COCCOCCCSC(CC(=O)O)C(=O)O. The fourth-order valence-corrected chi connectivity index (χ4v) is 1.98. The van der Waals surface area contributed by atoms with Crippen LogP contribution in [0.1, 0.15) is 12.8 Å². The van der Waals surface area contributed by atoms with Crippen LogP contribution < -0.4 is 0 Å². The van der Waals surface area contributed by atoms with E-state index in [-0.39, 0.29) is 6.42 Å². The molecule has 2 N–H and O–H groups in total. The van der Waals surface area contributed by atoms with Crippen LogP contribution in [-0.2, 0) is 19.1 Å². The van der Waals surface area contributed by atoms with Gasteiger partial charge >= 0.3 is 11.9 Å². The van der Waals surface area contributed by atoms with E-state index in [1.807, 2.05) is 0 Å². The molecule has 100 valence electrons. The highest BCUT2D eigenvalue weighted by molar-refractivity contribution is 8.00. The van der Waals surface area contributed by atoms with Crippen molar-refractivity contribution in [2.75, 3.05) is 32.7 Å². The number of thioether (sulfide) groups is 1. The summed E-state index contributed by atoms with van der Waals surface area (Å²) >= 11 is 1.13. The van der Waals surface area contributed by atoms with Crippen molar-refractivity contribution < 1.29 is 29.3 Å². The summed E-state index contributed by atoms with van der Waals surface area (Å²) in [5.74, 6) is -1.61. The van der Waals surface area contributed by atoms with E-state index in [1.165, 1.54) is 0 Å². The normalized spacial score (nSPS) is 12.3. The lowest BCUT2D eigenvalue weighted by Crippen LogP contribution is -2.21. The van der Waals surface area contributed by atoms with E-state index in [2.05, 4.69) is 0 Å². The zero-order chi connectivity index (χ0) is 13.1. The molecule has 0 bridgehead atoms. The fourth-order valence-electron chi connectivity index (χ4n) is 1.01. The molecular weight excluding hydrogens is 248 g/mol. The number of carbonyl (C=O) groups is 2. The molecule has 0 saturated heterocycles. The van der Waals surface area contributed by atoms with Crippen LogP contribution in [0.5, 0.6) is 0 Å². The number of rotatable bonds is 11. The van der Waals surface area contributed by atoms with E-state index in [0.29, 0.717) is 32.0 Å². The Kier molecular flexibility index (Phi) is 9.89. The zero-order valence-corrected chi connectivity index (χ0v) is 10.6. The highest BCUT2D eigenvalue weighted by atomic mass is 32.2. The Morgan fingerprint density at radius 3 is 2.47 bits per heavy atom. The third-order valence-corrected chi connectivity index (χ3v) is 3.11. The molecule has 17 heavy (non-hydrogen) atoms. The van der Waals surface area contributed by atoms with Gasteiger partial charge in [-0.25, -0.2) is 0 Å². The number of ether oxygens (including phenoxy) is 2. The lowest BCUT2D eigenvalue weighted by molar-refractivity contribution is -0.142. The predicted octanol–water partition coefficient (Wildman–Crippen LogP) is 0.701. The minimum absolute atomic E-state index is 0.357. The Bertz CT molecular complexity index is 233. The quantitative estimate of drug-likeness (QED) is 0.532. The molecule has 1 unspecified atom stereocenters. The first-order valence-electron chi connectivity index (χ1n) is 5.20. The van der Waals surface area contributed by atoms with Gasteiger partial charge in [0.1, 0.15) is 5.25 Å². The first-order valence-corrected chi connectivity index (χ1v) is 6.25. The smallest absolute Gasteiger partial charge is 0.317 e. The predicted molar refractivity (Wildman–Crippen MR) is 63.4 cm³/mol. The van der Waals surface area contributed by atoms with E-state index in [9.17, 15) is 9.59 Å². The van der Waals surface area contributed by atoms with Gasteiger partial charge in [-0.3, -0.25) is 9.59 Å². The average molecular weight is 266 g/mol. The standard InChI is InChI=1S/C10H18O6S/c1-15-4-5-16-3-2-6-17-8(10(13)14)7-9(11)12/h8H,2-7H2,1H3,(H,11,12)(H,13,14). The van der Waals surface area contributed by atoms with Crippen molar-refractivity contribution in [3.8, 4) is 0 Å². The molecule has 0 spiro atoms. The number of carboxylic acids is 2. The first-order chi connectivity index (χ1) is 8.07. The Hall–Kier alpha value is -0.790. The van der Waals surface area contributed by atoms with Gasteiger partial charge in [0.05, 0.1) is 19.6 Å². The molecule has 0 saturated carbocycles. The maximum Gasteiger partial charge on any atom is 0.317 e. The van der Waals surface area contributed by atoms with Crippen molar-refractivity contribution >= 4 is 23.7 Å². The molecule has 7 heteroatoms. The number of aliphatic carboxylic acids is 2. The van der Waals surface area contributed by atoms with Gasteiger partial charge in [0.25, 0.3) is 0 Å². The maximum atomic E-state index is 10.7. The minimum Gasteiger partial charge on any atom is -0.481 e. The molecule has 0 aliphatic heterocycles. The highest BCUT2D eigenvalue weighted by Crippen LogP contribution is 2.16. The van der Waals surface area contributed by atoms with Crippen LogP contribution >= 0.6 is 11.8 Å². The number of hydrogen-bond acceptors (Lipinski definition) is 5. The van der Waals surface area contributed by atoms with Gasteiger partial charge in [-0.1, -0.05) is 0 Å². The van der Waals surface area contributed by atoms with Gasteiger partial charge in [0, 0.05) is 13.7 Å². The summed E-state index contributed by atoms with van der Waals surface area (Å²) in [4.78, 5) is 21.1. The lowest BCUT2D eigenvalue weighted by Gasteiger charge is -2.09. The Morgan fingerprint density at radius 1 is 1.24 bits per heavy atom. The van der Waals surface area contributed by atoms with Gasteiger partial charge in [-0.2, -0.15) is 0 Å². The highest BCUT2D eigenvalue weighted by Gasteiger charge is 2.20. The topological polar surface area (TPSA) is 93.1 Å². The molecule has 0 radical (unpaired) electrons. The Balaban J connectivity index is 3.55. The van der Waals surface area contributed by atoms with E-state index in [4.69, 9.17) is 19.7 Å². The number of hydrogen-bond donors (Lipinski definition) is 2. The molecular formula is C10H18O6S. The van der Waals surface area contributed by atoms with E-state index in [0.717, 1.165) is 11.8 Å². The molecule has 0 aromatic rings. The summed E-state index contributed by atoms with van der Waals surface area (Å²) in [5, 5.41) is 16.4. The molecule has 0 amide bonds. The molecule has 1 atom stereocenters. The van der Waals surface area contributed by atoms with Gasteiger partial charge in [-0.15, -0.1) is 11.8 Å². The summed E-state index contributed by atoms with van der Waals surface area (Å²) < 4.78 is 9.98. The summed E-state index contributed by atoms with van der Waals surface area (Å²) in [6.07, 6.45) is 0.336. The second kappa shape index (κ2) is 10.4. The second-order valence-electron chi connectivity index (χ2n) is 3.25. The van der Waals surface area contributed by atoms with Crippen molar-refractivity contribution in [2.45, 2.75) is 18.1 Å². The summed E-state index contributed by atoms with van der Waals surface area (Å²) in [7, 11) is 1.59. The summed E-state index contributed by atoms with van der Waals surface area (Å²) in [6, 6.07) is 0.